The third-order valence-electron chi connectivity index (χ3n) is 8.76. The Morgan fingerprint density at radius 2 is 1.50 bits per heavy atom. The van der Waals surface area contributed by atoms with E-state index in [1.165, 1.54) is 11.8 Å². The largest absolute Gasteiger partial charge is 0.496 e. The monoisotopic (exact) mass is 753 g/mol. The lowest BCUT2D eigenvalue weighted by atomic mass is 9.84. The molecule has 54 heavy (non-hydrogen) atoms. The van der Waals surface area contributed by atoms with E-state index >= 15 is 0 Å². The molecule has 3 aromatic carbocycles. The molecule has 13 heteroatoms. The molecule has 1 aliphatic heterocycles. The van der Waals surface area contributed by atoms with Gasteiger partial charge in [0.1, 0.15) is 11.5 Å². The number of esters is 1. The van der Waals surface area contributed by atoms with Crippen LogP contribution in [-0.4, -0.2) is 101 Å². The van der Waals surface area contributed by atoms with E-state index in [0.717, 1.165) is 22.4 Å². The smallest absolute Gasteiger partial charge is 0.413 e. The van der Waals surface area contributed by atoms with Crippen molar-refractivity contribution in [2.75, 3.05) is 60.8 Å². The summed E-state index contributed by atoms with van der Waals surface area (Å²) >= 11 is 0. The van der Waals surface area contributed by atoms with E-state index in [9.17, 15) is 14.7 Å². The summed E-state index contributed by atoms with van der Waals surface area (Å²) in [6, 6.07) is 20.8. The number of amides is 1. The third-order valence-corrected chi connectivity index (χ3v) is 8.76. The molecular weight excluding hydrogens is 698 g/mol. The van der Waals surface area contributed by atoms with Crippen molar-refractivity contribution in [2.45, 2.75) is 71.2 Å². The van der Waals surface area contributed by atoms with Gasteiger partial charge in [0.25, 0.3) is 0 Å². The predicted molar refractivity (Wildman–Crippen MR) is 200 cm³/mol. The fourth-order valence-corrected chi connectivity index (χ4v) is 5.93. The Bertz CT molecular complexity index is 1580. The maximum absolute atomic E-state index is 13.2. The summed E-state index contributed by atoms with van der Waals surface area (Å²) in [6.45, 7) is 7.60. The Morgan fingerprint density at radius 3 is 2.22 bits per heavy atom. The number of methoxy groups -OCH3 is 3. The highest BCUT2D eigenvalue weighted by atomic mass is 16.7. The van der Waals surface area contributed by atoms with E-state index in [1.54, 1.807) is 35.2 Å². The summed E-state index contributed by atoms with van der Waals surface area (Å²) in [4.78, 5) is 26.6. The van der Waals surface area contributed by atoms with Crippen molar-refractivity contribution in [1.29, 1.82) is 0 Å². The summed E-state index contributed by atoms with van der Waals surface area (Å²) in [6.07, 6.45) is -2.04. The number of hydrogen-bond acceptors (Lipinski definition) is 12. The zero-order valence-electron chi connectivity index (χ0n) is 32.2. The highest BCUT2D eigenvalue weighted by Gasteiger charge is 2.40. The quantitative estimate of drug-likeness (QED) is 0.0760. The average molecular weight is 754 g/mol. The Morgan fingerprint density at radius 1 is 0.778 bits per heavy atom. The van der Waals surface area contributed by atoms with Crippen LogP contribution < -0.4 is 18.9 Å². The second-order valence-electron chi connectivity index (χ2n) is 13.2. The van der Waals surface area contributed by atoms with Crippen LogP contribution in [0.1, 0.15) is 56.2 Å². The molecule has 1 aliphatic rings. The van der Waals surface area contributed by atoms with Crippen molar-refractivity contribution in [2.24, 2.45) is 5.92 Å². The van der Waals surface area contributed by atoms with Crippen LogP contribution in [0.4, 0.5) is 4.79 Å². The second-order valence-corrected chi connectivity index (χ2v) is 13.2. The van der Waals surface area contributed by atoms with E-state index in [1.807, 2.05) is 66.7 Å². The van der Waals surface area contributed by atoms with Crippen LogP contribution in [0.5, 0.6) is 23.0 Å². The van der Waals surface area contributed by atoms with Crippen LogP contribution in [0.15, 0.2) is 66.7 Å². The Balaban J connectivity index is 1.41. The van der Waals surface area contributed by atoms with Crippen LogP contribution in [0, 0.1) is 5.92 Å². The van der Waals surface area contributed by atoms with Crippen molar-refractivity contribution in [3.8, 4) is 23.0 Å². The van der Waals surface area contributed by atoms with Gasteiger partial charge in [0.15, 0.2) is 11.5 Å². The normalized spacial score (nSPS) is 17.5. The molecule has 1 saturated heterocycles. The zero-order valence-corrected chi connectivity index (χ0v) is 32.2. The standard InChI is InChI=1S/C41H55NO12/c1-28(2)40(44)53-29(3)54-41(45)42-24-34(43)39(38(25-42)52-26-30-13-18-36(48-6)37(23-30)51-22-9-19-46-4)31-14-16-33(17-15-31)50-21-10-20-49-27-32-11-7-8-12-35(32)47-5/h7-8,11-18,23,28-29,34,38-39,43H,9-10,19-22,24-27H2,1-6H3/t29?,34-,38+,39?/m1/s1. The van der Waals surface area contributed by atoms with Crippen LogP contribution in [0.25, 0.3) is 0 Å². The van der Waals surface area contributed by atoms with Crippen LogP contribution in [-0.2, 0) is 41.7 Å². The minimum atomic E-state index is -1.10. The first-order chi connectivity index (χ1) is 26.1. The molecule has 2 unspecified atom stereocenters. The van der Waals surface area contributed by atoms with Crippen molar-refractivity contribution in [1.82, 2.24) is 4.90 Å². The number of β-amino-alcohol motifs (C(OH)–C–C–N with tert-alkyl or cyclic N) is 1. The van der Waals surface area contributed by atoms with Crippen LogP contribution in [0.2, 0.25) is 0 Å². The highest BCUT2D eigenvalue weighted by Crippen LogP contribution is 2.34. The van der Waals surface area contributed by atoms with Gasteiger partial charge in [-0.05, 0) is 41.5 Å². The first kappa shape index (κ1) is 42.2. The number of rotatable bonds is 21. The molecule has 1 fully saturated rings. The topological polar surface area (TPSA) is 141 Å². The Kier molecular flexibility index (Phi) is 17.2. The summed E-state index contributed by atoms with van der Waals surface area (Å²) < 4.78 is 50.9. The van der Waals surface area contributed by atoms with Gasteiger partial charge < -0.3 is 52.6 Å². The van der Waals surface area contributed by atoms with Gasteiger partial charge in [0.05, 0.1) is 78.5 Å². The molecule has 0 spiro atoms. The first-order valence-corrected chi connectivity index (χ1v) is 18.3. The van der Waals surface area contributed by atoms with Gasteiger partial charge in [-0.2, -0.15) is 0 Å². The van der Waals surface area contributed by atoms with Crippen LogP contribution in [0.3, 0.4) is 0 Å². The maximum atomic E-state index is 13.2. The second kappa shape index (κ2) is 22.0. The lowest BCUT2D eigenvalue weighted by Crippen LogP contribution is -2.54. The molecule has 3 aromatic rings. The minimum absolute atomic E-state index is 0.0106. The van der Waals surface area contributed by atoms with Gasteiger partial charge in [-0.1, -0.05) is 50.2 Å². The number of aliphatic hydroxyl groups is 1. The lowest BCUT2D eigenvalue weighted by Gasteiger charge is -2.41. The number of nitrogens with zero attached hydrogens (tertiary/aromatic N) is 1. The molecule has 4 atom stereocenters. The van der Waals surface area contributed by atoms with Crippen molar-refractivity contribution >= 4 is 12.1 Å². The fraction of sp³-hybridized carbons (Fsp3) is 0.512. The predicted octanol–water partition coefficient (Wildman–Crippen LogP) is 6.13. The molecule has 296 valence electrons. The Hall–Kier alpha value is -4.56. The van der Waals surface area contributed by atoms with Gasteiger partial charge in [0, 0.05) is 45.0 Å². The number of likely N-dealkylation sites (tertiary alicyclic amines) is 1. The number of aliphatic hydroxyl groups excluding tert-OH is 1. The van der Waals surface area contributed by atoms with Gasteiger partial charge in [-0.15, -0.1) is 0 Å². The van der Waals surface area contributed by atoms with Gasteiger partial charge >= 0.3 is 12.1 Å². The molecular formula is C41H55NO12. The first-order valence-electron chi connectivity index (χ1n) is 18.3. The highest BCUT2D eigenvalue weighted by molar-refractivity contribution is 5.72. The molecule has 4 rings (SSSR count). The number of carbonyl (C=O) groups is 2. The van der Waals surface area contributed by atoms with E-state index in [4.69, 9.17) is 42.6 Å². The number of carbonyl (C=O) groups excluding carboxylic acids is 2. The number of piperidine rings is 1. The van der Waals surface area contributed by atoms with Gasteiger partial charge in [0.2, 0.25) is 6.29 Å². The molecule has 0 radical (unpaired) electrons. The lowest BCUT2D eigenvalue weighted by molar-refractivity contribution is -0.171. The van der Waals surface area contributed by atoms with E-state index in [-0.39, 0.29) is 25.6 Å². The third kappa shape index (κ3) is 12.8. The summed E-state index contributed by atoms with van der Waals surface area (Å²) in [5.74, 6) is 1.29. The summed E-state index contributed by atoms with van der Waals surface area (Å²) in [7, 11) is 4.86. The summed E-state index contributed by atoms with van der Waals surface area (Å²) in [5.41, 5.74) is 2.63. The number of hydrogen-bond donors (Lipinski definition) is 1. The van der Waals surface area contributed by atoms with E-state index < -0.39 is 36.5 Å². The zero-order chi connectivity index (χ0) is 38.9. The molecule has 0 aliphatic carbocycles. The van der Waals surface area contributed by atoms with Crippen molar-refractivity contribution in [3.63, 3.8) is 0 Å². The number of ether oxygens (including phenoxy) is 9. The van der Waals surface area contributed by atoms with Gasteiger partial charge in [-0.25, -0.2) is 4.79 Å². The minimum Gasteiger partial charge on any atom is -0.496 e. The van der Waals surface area contributed by atoms with E-state index in [2.05, 4.69) is 0 Å². The van der Waals surface area contributed by atoms with Gasteiger partial charge in [-0.3, -0.25) is 4.79 Å². The maximum Gasteiger partial charge on any atom is 0.413 e. The molecule has 13 nitrogen and oxygen atoms in total. The molecule has 0 saturated carbocycles. The molecule has 0 bridgehead atoms. The van der Waals surface area contributed by atoms with E-state index in [0.29, 0.717) is 63.1 Å². The molecule has 0 aromatic heterocycles. The van der Waals surface area contributed by atoms with Crippen molar-refractivity contribution < 1.29 is 57.3 Å². The average Bonchev–Trinajstić information content (AvgIpc) is 3.17. The number of benzene rings is 3. The number of para-hydroxylation sites is 1. The fourth-order valence-electron chi connectivity index (χ4n) is 5.93. The molecule has 1 amide bonds. The molecule has 1 N–H and O–H groups in total. The Labute approximate surface area is 318 Å². The SMILES string of the molecule is COCCCOc1cc(CO[C@H]2CN(C(=O)OC(C)OC(=O)C(C)C)C[C@@H](O)C2c2ccc(OCCCOCc3ccccc3OC)cc2)ccc1OC. The van der Waals surface area contributed by atoms with Crippen molar-refractivity contribution in [3.05, 3.63) is 83.4 Å². The summed E-state index contributed by atoms with van der Waals surface area (Å²) in [5, 5.41) is 11.5. The van der Waals surface area contributed by atoms with Crippen LogP contribution >= 0.6 is 0 Å². The molecule has 1 heterocycles.